The van der Waals surface area contributed by atoms with Gasteiger partial charge in [-0.1, -0.05) is 0 Å². The summed E-state index contributed by atoms with van der Waals surface area (Å²) in [6.07, 6.45) is 7.96. The Balaban J connectivity index is 1.41. The second-order valence-electron chi connectivity index (χ2n) is 9.20. The molecule has 4 heterocycles. The molecule has 2 unspecified atom stereocenters. The van der Waals surface area contributed by atoms with Gasteiger partial charge in [0.15, 0.2) is 5.78 Å². The van der Waals surface area contributed by atoms with E-state index in [2.05, 4.69) is 20.6 Å². The van der Waals surface area contributed by atoms with Crippen LogP contribution >= 0.6 is 0 Å². The minimum Gasteiger partial charge on any atom is -0.391 e. The predicted octanol–water partition coefficient (Wildman–Crippen LogP) is 3.27. The van der Waals surface area contributed by atoms with E-state index in [1.807, 2.05) is 54.2 Å². The number of nitriles is 1. The van der Waals surface area contributed by atoms with E-state index >= 15 is 0 Å². The van der Waals surface area contributed by atoms with Crippen LogP contribution in [0.3, 0.4) is 0 Å². The Kier molecular flexibility index (Phi) is 5.88. The number of aliphatic hydroxyl groups excluding tert-OH is 1. The SMILES string of the molecule is Cc1c(C(=O)CN2C3CCC2[C@@H](O)C3)cc(CCCn2cccn2)n1-c1ccc(C#N)cc1. The fourth-order valence-electron chi connectivity index (χ4n) is 5.60. The second kappa shape index (κ2) is 8.97. The van der Waals surface area contributed by atoms with Crippen LogP contribution in [0.1, 0.15) is 53.0 Å². The molecule has 33 heavy (non-hydrogen) atoms. The van der Waals surface area contributed by atoms with Gasteiger partial charge in [-0.2, -0.15) is 10.4 Å². The van der Waals surface area contributed by atoms with Gasteiger partial charge in [0.2, 0.25) is 0 Å². The van der Waals surface area contributed by atoms with E-state index in [0.717, 1.165) is 61.3 Å². The summed E-state index contributed by atoms with van der Waals surface area (Å²) < 4.78 is 4.06. The number of ketones is 1. The molecule has 0 spiro atoms. The van der Waals surface area contributed by atoms with Crippen LogP contribution in [0, 0.1) is 18.3 Å². The molecule has 2 aromatic heterocycles. The summed E-state index contributed by atoms with van der Waals surface area (Å²) in [6, 6.07) is 14.1. The second-order valence-corrected chi connectivity index (χ2v) is 9.20. The molecule has 0 amide bonds. The lowest BCUT2D eigenvalue weighted by Gasteiger charge is -2.21. The van der Waals surface area contributed by atoms with E-state index in [9.17, 15) is 9.90 Å². The maximum Gasteiger partial charge on any atom is 0.178 e. The number of rotatable bonds is 8. The minimum atomic E-state index is -0.307. The molecular formula is C26H29N5O2. The summed E-state index contributed by atoms with van der Waals surface area (Å²) >= 11 is 0. The fraction of sp³-hybridized carbons (Fsp3) is 0.423. The highest BCUT2D eigenvalue weighted by Gasteiger charge is 2.46. The molecule has 0 radical (unpaired) electrons. The van der Waals surface area contributed by atoms with Crippen molar-refractivity contribution in [2.75, 3.05) is 6.54 Å². The summed E-state index contributed by atoms with van der Waals surface area (Å²) in [7, 11) is 0. The third-order valence-corrected chi connectivity index (χ3v) is 7.23. The molecule has 2 aliphatic rings. The Morgan fingerprint density at radius 2 is 2.09 bits per heavy atom. The largest absolute Gasteiger partial charge is 0.391 e. The molecule has 0 saturated carbocycles. The Morgan fingerprint density at radius 1 is 1.27 bits per heavy atom. The van der Waals surface area contributed by atoms with Crippen molar-refractivity contribution in [1.29, 1.82) is 5.26 Å². The molecule has 2 fully saturated rings. The topological polar surface area (TPSA) is 87.1 Å². The first-order valence-corrected chi connectivity index (χ1v) is 11.7. The zero-order valence-corrected chi connectivity index (χ0v) is 18.9. The van der Waals surface area contributed by atoms with E-state index in [1.165, 1.54) is 0 Å². The van der Waals surface area contributed by atoms with Gasteiger partial charge in [0.1, 0.15) is 0 Å². The van der Waals surface area contributed by atoms with Crippen molar-refractivity contribution in [1.82, 2.24) is 19.2 Å². The van der Waals surface area contributed by atoms with E-state index in [-0.39, 0.29) is 17.9 Å². The van der Waals surface area contributed by atoms with Crippen molar-refractivity contribution in [3.8, 4) is 11.8 Å². The van der Waals surface area contributed by atoms with Crippen molar-refractivity contribution in [2.24, 2.45) is 0 Å². The summed E-state index contributed by atoms with van der Waals surface area (Å²) in [5.74, 6) is 0.110. The first kappa shape index (κ1) is 21.6. The lowest BCUT2D eigenvalue weighted by atomic mass is 9.98. The van der Waals surface area contributed by atoms with Gasteiger partial charge in [0.05, 0.1) is 24.3 Å². The number of aryl methyl sites for hydroxylation is 2. The van der Waals surface area contributed by atoms with Gasteiger partial charge in [-0.25, -0.2) is 0 Å². The Hall–Kier alpha value is -3.21. The molecular weight excluding hydrogens is 414 g/mol. The Labute approximate surface area is 193 Å². The van der Waals surface area contributed by atoms with Crippen molar-refractivity contribution in [2.45, 2.75) is 63.8 Å². The summed E-state index contributed by atoms with van der Waals surface area (Å²) in [6.45, 7) is 3.16. The van der Waals surface area contributed by atoms with Gasteiger partial charge in [-0.15, -0.1) is 0 Å². The number of benzene rings is 1. The number of Topliss-reactive ketones (excluding diaryl/α,β-unsaturated/α-hetero) is 1. The molecule has 3 atom stereocenters. The van der Waals surface area contributed by atoms with Crippen LogP contribution in [0.2, 0.25) is 0 Å². The average Bonchev–Trinajstić information content (AvgIpc) is 3.59. The molecule has 170 valence electrons. The maximum atomic E-state index is 13.4. The van der Waals surface area contributed by atoms with E-state index in [4.69, 9.17) is 5.26 Å². The number of carbonyl (C=O) groups is 1. The Bertz CT molecular complexity index is 1170. The molecule has 7 heteroatoms. The van der Waals surface area contributed by atoms with Gasteiger partial charge < -0.3 is 9.67 Å². The Morgan fingerprint density at radius 3 is 2.73 bits per heavy atom. The van der Waals surface area contributed by atoms with Crippen molar-refractivity contribution < 1.29 is 9.90 Å². The summed E-state index contributed by atoms with van der Waals surface area (Å²) in [4.78, 5) is 15.6. The molecule has 2 bridgehead atoms. The first-order valence-electron chi connectivity index (χ1n) is 11.7. The molecule has 1 N–H and O–H groups in total. The van der Waals surface area contributed by atoms with E-state index in [1.54, 1.807) is 6.20 Å². The summed E-state index contributed by atoms with van der Waals surface area (Å²) in [5.41, 5.74) is 4.32. The molecule has 5 rings (SSSR count). The third-order valence-electron chi connectivity index (χ3n) is 7.23. The van der Waals surface area contributed by atoms with Gasteiger partial charge >= 0.3 is 0 Å². The van der Waals surface area contributed by atoms with Crippen molar-refractivity contribution in [3.63, 3.8) is 0 Å². The zero-order chi connectivity index (χ0) is 22.9. The standard InChI is InChI=1S/C26H29N5O2/c1-18-23(26(33)17-30-21-9-10-24(30)25(32)15-21)14-22(4-2-12-29-13-3-11-28-29)31(18)20-7-5-19(16-27)6-8-20/h3,5-8,11,13-14,21,24-25,32H,2,4,9-10,12,15,17H2,1H3/t21?,24?,25-/m0/s1. The highest BCUT2D eigenvalue weighted by atomic mass is 16.3. The van der Waals surface area contributed by atoms with Crippen LogP contribution in [0.4, 0.5) is 0 Å². The van der Waals surface area contributed by atoms with Gasteiger partial charge in [-0.05, 0) is 75.4 Å². The van der Waals surface area contributed by atoms with Crippen molar-refractivity contribution >= 4 is 5.78 Å². The number of aromatic nitrogens is 3. The number of aliphatic hydroxyl groups is 1. The molecule has 3 aromatic rings. The monoisotopic (exact) mass is 443 g/mol. The maximum absolute atomic E-state index is 13.4. The van der Waals surface area contributed by atoms with Gasteiger partial charge in [0, 0.05) is 53.7 Å². The first-order chi connectivity index (χ1) is 16.0. The number of hydrogen-bond donors (Lipinski definition) is 1. The highest BCUT2D eigenvalue weighted by molar-refractivity contribution is 5.99. The van der Waals surface area contributed by atoms with E-state index < -0.39 is 0 Å². The van der Waals surface area contributed by atoms with Gasteiger partial charge in [0.25, 0.3) is 0 Å². The molecule has 2 aliphatic heterocycles. The summed E-state index contributed by atoms with van der Waals surface area (Å²) in [5, 5.41) is 23.7. The number of hydrogen-bond acceptors (Lipinski definition) is 5. The smallest absolute Gasteiger partial charge is 0.178 e. The average molecular weight is 444 g/mol. The number of nitrogens with zero attached hydrogens (tertiary/aromatic N) is 5. The number of fused-ring (bicyclic) bond motifs is 2. The van der Waals surface area contributed by atoms with Gasteiger partial charge in [-0.3, -0.25) is 14.4 Å². The van der Waals surface area contributed by atoms with Crippen LogP contribution in [0.5, 0.6) is 0 Å². The molecule has 0 aliphatic carbocycles. The third kappa shape index (κ3) is 4.12. The lowest BCUT2D eigenvalue weighted by Crippen LogP contribution is -2.36. The lowest BCUT2D eigenvalue weighted by molar-refractivity contribution is 0.0873. The molecule has 2 saturated heterocycles. The van der Waals surface area contributed by atoms with Crippen LogP contribution in [0.15, 0.2) is 48.8 Å². The van der Waals surface area contributed by atoms with Crippen LogP contribution < -0.4 is 0 Å². The van der Waals surface area contributed by atoms with Crippen LogP contribution in [-0.2, 0) is 13.0 Å². The predicted molar refractivity (Wildman–Crippen MR) is 124 cm³/mol. The quantitative estimate of drug-likeness (QED) is 0.540. The zero-order valence-electron chi connectivity index (χ0n) is 18.9. The molecule has 7 nitrogen and oxygen atoms in total. The van der Waals surface area contributed by atoms with Crippen LogP contribution in [-0.4, -0.2) is 54.9 Å². The van der Waals surface area contributed by atoms with E-state index in [0.29, 0.717) is 18.2 Å². The fourth-order valence-corrected chi connectivity index (χ4v) is 5.60. The van der Waals surface area contributed by atoms with Crippen molar-refractivity contribution in [3.05, 3.63) is 71.3 Å². The minimum absolute atomic E-state index is 0.110. The van der Waals surface area contributed by atoms with Crippen LogP contribution in [0.25, 0.3) is 5.69 Å². The normalized spacial score (nSPS) is 22.0. The highest BCUT2D eigenvalue weighted by Crippen LogP contribution is 2.37. The molecule has 1 aromatic carbocycles. The number of carbonyl (C=O) groups excluding carboxylic acids is 1.